The van der Waals surface area contributed by atoms with Gasteiger partial charge < -0.3 is 9.80 Å². The third kappa shape index (κ3) is 1.75. The summed E-state index contributed by atoms with van der Waals surface area (Å²) in [7, 11) is 0. The van der Waals surface area contributed by atoms with Crippen LogP contribution in [0.25, 0.3) is 0 Å². The fourth-order valence-corrected chi connectivity index (χ4v) is 1.21. The van der Waals surface area contributed by atoms with Gasteiger partial charge in [0, 0.05) is 26.6 Å². The Morgan fingerprint density at radius 2 is 2.25 bits per heavy atom. The molecule has 1 heterocycles. The highest BCUT2D eigenvalue weighted by atomic mass is 16.2. The zero-order valence-electron chi connectivity index (χ0n) is 7.25. The maximum Gasteiger partial charge on any atom is 0.242 e. The van der Waals surface area contributed by atoms with E-state index in [1.54, 1.807) is 9.80 Å². The zero-order chi connectivity index (χ0) is 9.14. The van der Waals surface area contributed by atoms with Crippen molar-refractivity contribution in [1.29, 1.82) is 0 Å². The molecule has 1 aliphatic heterocycles. The largest absolute Gasteiger partial charge is 0.339 e. The Balaban J connectivity index is 2.52. The van der Waals surface area contributed by atoms with Gasteiger partial charge in [0.2, 0.25) is 11.8 Å². The van der Waals surface area contributed by atoms with Gasteiger partial charge in [0.15, 0.2) is 0 Å². The van der Waals surface area contributed by atoms with Crippen molar-refractivity contribution in [2.24, 2.45) is 0 Å². The fourth-order valence-electron chi connectivity index (χ4n) is 1.21. The minimum atomic E-state index is -0.0351. The standard InChI is InChI=1S/C8H13N2O2/c1-3-9-4-5-10(7(2)11)6-8(9)12/h1,3-6H2,2H3. The minimum Gasteiger partial charge on any atom is -0.339 e. The van der Waals surface area contributed by atoms with Gasteiger partial charge in [0.1, 0.15) is 0 Å². The monoisotopic (exact) mass is 169 g/mol. The lowest BCUT2D eigenvalue weighted by molar-refractivity contribution is -0.143. The Morgan fingerprint density at radius 1 is 1.58 bits per heavy atom. The Hall–Kier alpha value is -1.06. The maximum atomic E-state index is 11.2. The summed E-state index contributed by atoms with van der Waals surface area (Å²) in [6, 6.07) is 0. The van der Waals surface area contributed by atoms with Crippen LogP contribution in [-0.2, 0) is 9.59 Å². The van der Waals surface area contributed by atoms with E-state index in [1.807, 2.05) is 0 Å². The molecule has 0 aromatic rings. The van der Waals surface area contributed by atoms with Crippen LogP contribution in [0.2, 0.25) is 0 Å². The average Bonchev–Trinajstić information content (AvgIpc) is 2.04. The summed E-state index contributed by atoms with van der Waals surface area (Å²) in [5.41, 5.74) is 0. The first kappa shape index (κ1) is 9.03. The van der Waals surface area contributed by atoms with Gasteiger partial charge in [0.25, 0.3) is 0 Å². The van der Waals surface area contributed by atoms with Crippen LogP contribution in [-0.4, -0.2) is 47.8 Å². The van der Waals surface area contributed by atoms with Crippen molar-refractivity contribution in [3.63, 3.8) is 0 Å². The molecule has 0 atom stereocenters. The smallest absolute Gasteiger partial charge is 0.242 e. The van der Waals surface area contributed by atoms with Crippen molar-refractivity contribution in [1.82, 2.24) is 9.80 Å². The molecule has 0 spiro atoms. The van der Waals surface area contributed by atoms with E-state index < -0.39 is 0 Å². The summed E-state index contributed by atoms with van der Waals surface area (Å²) in [6.45, 7) is 7.06. The molecule has 0 unspecified atom stereocenters. The van der Waals surface area contributed by atoms with E-state index in [-0.39, 0.29) is 18.4 Å². The predicted molar refractivity (Wildman–Crippen MR) is 44.2 cm³/mol. The minimum absolute atomic E-state index is 0.00792. The van der Waals surface area contributed by atoms with Crippen molar-refractivity contribution >= 4 is 11.8 Å². The molecule has 2 amide bonds. The highest BCUT2D eigenvalue weighted by Gasteiger charge is 2.23. The van der Waals surface area contributed by atoms with Crippen molar-refractivity contribution in [3.05, 3.63) is 6.92 Å². The summed E-state index contributed by atoms with van der Waals surface area (Å²) in [6.07, 6.45) is 0. The number of piperazine rings is 1. The molecule has 0 aromatic heterocycles. The lowest BCUT2D eigenvalue weighted by Crippen LogP contribution is -2.51. The molecule has 1 rings (SSSR count). The van der Waals surface area contributed by atoms with Crippen LogP contribution in [0.1, 0.15) is 6.92 Å². The fraction of sp³-hybridized carbons (Fsp3) is 0.625. The van der Waals surface area contributed by atoms with Crippen LogP contribution in [0.5, 0.6) is 0 Å². The maximum absolute atomic E-state index is 11.2. The van der Waals surface area contributed by atoms with Gasteiger partial charge in [-0.25, -0.2) is 0 Å². The summed E-state index contributed by atoms with van der Waals surface area (Å²) >= 11 is 0. The molecule has 4 nitrogen and oxygen atoms in total. The van der Waals surface area contributed by atoms with Crippen molar-refractivity contribution < 1.29 is 9.59 Å². The van der Waals surface area contributed by atoms with Gasteiger partial charge in [0.05, 0.1) is 6.54 Å². The zero-order valence-corrected chi connectivity index (χ0v) is 7.25. The van der Waals surface area contributed by atoms with E-state index in [2.05, 4.69) is 6.92 Å². The van der Waals surface area contributed by atoms with Gasteiger partial charge >= 0.3 is 0 Å². The number of amides is 2. The van der Waals surface area contributed by atoms with Gasteiger partial charge in [-0.3, -0.25) is 9.59 Å². The lowest BCUT2D eigenvalue weighted by Gasteiger charge is -2.32. The Kier molecular flexibility index (Phi) is 2.68. The third-order valence-corrected chi connectivity index (χ3v) is 2.03. The number of rotatable bonds is 1. The quantitative estimate of drug-likeness (QED) is 0.531. The molecule has 12 heavy (non-hydrogen) atoms. The Bertz CT molecular complexity index is 203. The number of nitrogens with zero attached hydrogens (tertiary/aromatic N) is 2. The molecule has 1 radical (unpaired) electrons. The number of carbonyl (C=O) groups is 2. The van der Waals surface area contributed by atoms with Crippen LogP contribution in [0, 0.1) is 6.92 Å². The van der Waals surface area contributed by atoms with E-state index >= 15 is 0 Å². The van der Waals surface area contributed by atoms with Gasteiger partial charge in [-0.1, -0.05) is 0 Å². The topological polar surface area (TPSA) is 40.6 Å². The molecule has 1 aliphatic rings. The first-order chi connectivity index (χ1) is 5.65. The third-order valence-electron chi connectivity index (χ3n) is 2.03. The van der Waals surface area contributed by atoms with E-state index in [1.165, 1.54) is 6.92 Å². The normalized spacial score (nSPS) is 18.3. The summed E-state index contributed by atoms with van der Waals surface area (Å²) < 4.78 is 0. The predicted octanol–water partition coefficient (Wildman–Crippen LogP) is -0.489. The Morgan fingerprint density at radius 3 is 2.67 bits per heavy atom. The van der Waals surface area contributed by atoms with E-state index in [4.69, 9.17) is 0 Å². The second kappa shape index (κ2) is 3.56. The van der Waals surface area contributed by atoms with E-state index in [0.29, 0.717) is 19.6 Å². The second-order valence-corrected chi connectivity index (χ2v) is 2.82. The SMILES string of the molecule is [CH2]CN1CCN(C(C)=O)CC1=O. The van der Waals surface area contributed by atoms with Crippen molar-refractivity contribution in [2.45, 2.75) is 6.92 Å². The second-order valence-electron chi connectivity index (χ2n) is 2.82. The lowest BCUT2D eigenvalue weighted by atomic mass is 10.3. The molecule has 0 N–H and O–H groups in total. The summed E-state index contributed by atoms with van der Waals surface area (Å²) in [4.78, 5) is 25.3. The van der Waals surface area contributed by atoms with Crippen molar-refractivity contribution in [3.8, 4) is 0 Å². The summed E-state index contributed by atoms with van der Waals surface area (Å²) in [5, 5.41) is 0. The molecule has 1 saturated heterocycles. The van der Waals surface area contributed by atoms with E-state index in [9.17, 15) is 9.59 Å². The van der Waals surface area contributed by atoms with Gasteiger partial charge in [-0.15, -0.1) is 0 Å². The number of carbonyl (C=O) groups excluding carboxylic acids is 2. The molecular weight excluding hydrogens is 156 g/mol. The summed E-state index contributed by atoms with van der Waals surface area (Å²) in [5.74, 6) is -0.0430. The first-order valence-electron chi connectivity index (χ1n) is 3.97. The van der Waals surface area contributed by atoms with Crippen LogP contribution in [0.3, 0.4) is 0 Å². The van der Waals surface area contributed by atoms with Crippen LogP contribution in [0.15, 0.2) is 0 Å². The number of hydrogen-bond donors (Lipinski definition) is 0. The first-order valence-corrected chi connectivity index (χ1v) is 3.97. The molecule has 0 bridgehead atoms. The Labute approximate surface area is 72.1 Å². The molecule has 0 aromatic carbocycles. The van der Waals surface area contributed by atoms with Crippen LogP contribution >= 0.6 is 0 Å². The highest BCUT2D eigenvalue weighted by molar-refractivity contribution is 5.85. The van der Waals surface area contributed by atoms with Gasteiger partial charge in [-0.2, -0.15) is 0 Å². The van der Waals surface area contributed by atoms with Crippen LogP contribution in [0.4, 0.5) is 0 Å². The highest BCUT2D eigenvalue weighted by Crippen LogP contribution is 2.02. The average molecular weight is 169 g/mol. The molecule has 0 saturated carbocycles. The van der Waals surface area contributed by atoms with Crippen LogP contribution < -0.4 is 0 Å². The molecule has 4 heteroatoms. The molecule has 1 fully saturated rings. The van der Waals surface area contributed by atoms with E-state index in [0.717, 1.165) is 0 Å². The van der Waals surface area contributed by atoms with Crippen molar-refractivity contribution in [2.75, 3.05) is 26.2 Å². The molecule has 67 valence electrons. The molecule has 0 aliphatic carbocycles. The van der Waals surface area contributed by atoms with Gasteiger partial charge in [-0.05, 0) is 6.92 Å². The molecular formula is C8H13N2O2. The number of hydrogen-bond acceptors (Lipinski definition) is 2.